The van der Waals surface area contributed by atoms with Crippen LogP contribution in [0.2, 0.25) is 0 Å². The van der Waals surface area contributed by atoms with E-state index in [0.717, 1.165) is 21.7 Å². The van der Waals surface area contributed by atoms with Crippen molar-refractivity contribution in [2.75, 3.05) is 12.3 Å². The van der Waals surface area contributed by atoms with Gasteiger partial charge in [0, 0.05) is 10.4 Å². The van der Waals surface area contributed by atoms with Crippen molar-refractivity contribution in [3.05, 3.63) is 40.8 Å². The van der Waals surface area contributed by atoms with Crippen molar-refractivity contribution in [2.24, 2.45) is 0 Å². The quantitative estimate of drug-likeness (QED) is 0.856. The number of nitrogens with two attached hydrogens (primary N) is 1. The lowest BCUT2D eigenvalue weighted by molar-refractivity contribution is -0.142. The van der Waals surface area contributed by atoms with E-state index in [4.69, 9.17) is 10.5 Å². The number of hydrogen-bond donors (Lipinski definition) is 1. The fraction of sp³-hybridized carbons (Fsp3) is 0.250. The number of carbonyl (C=O) groups excluding carboxylic acids is 1. The van der Waals surface area contributed by atoms with E-state index in [0.29, 0.717) is 11.7 Å². The number of ether oxygens (including phenoxy) is 1. The molecule has 0 unspecified atom stereocenters. The summed E-state index contributed by atoms with van der Waals surface area (Å²) >= 11 is 1.49. The van der Waals surface area contributed by atoms with Crippen LogP contribution >= 0.6 is 11.3 Å². The molecule has 2 aromatic rings. The van der Waals surface area contributed by atoms with Gasteiger partial charge in [0.2, 0.25) is 0 Å². The molecule has 0 saturated heterocycles. The first-order valence-electron chi connectivity index (χ1n) is 6.75. The Morgan fingerprint density at radius 2 is 2.10 bits per heavy atom. The Hall–Kier alpha value is -2.14. The largest absolute Gasteiger partial charge is 0.466 e. The minimum absolute atomic E-state index is 0.209. The fourth-order valence-corrected chi connectivity index (χ4v) is 2.66. The van der Waals surface area contributed by atoms with Gasteiger partial charge < -0.3 is 10.5 Å². The zero-order chi connectivity index (χ0) is 15.2. The number of hydrogen-bond acceptors (Lipinski definition) is 5. The molecule has 0 bridgehead atoms. The number of nitrogen functional groups attached to an aromatic ring is 1. The number of aryl methyl sites for hydroxylation is 1. The maximum atomic E-state index is 11.2. The van der Waals surface area contributed by atoms with Crippen LogP contribution in [0, 0.1) is 6.92 Å². The predicted molar refractivity (Wildman–Crippen MR) is 87.0 cm³/mol. The van der Waals surface area contributed by atoms with Gasteiger partial charge in [-0.3, -0.25) is 4.79 Å². The molecule has 2 rings (SSSR count). The van der Waals surface area contributed by atoms with Gasteiger partial charge in [-0.2, -0.15) is 0 Å². The molecule has 5 heteroatoms. The highest BCUT2D eigenvalue weighted by Crippen LogP contribution is 2.28. The summed E-state index contributed by atoms with van der Waals surface area (Å²) in [6.45, 7) is 4.22. The smallest absolute Gasteiger partial charge is 0.309 e. The molecule has 110 valence electrons. The maximum Gasteiger partial charge on any atom is 0.309 e. The summed E-state index contributed by atoms with van der Waals surface area (Å²) in [7, 11) is 0. The maximum absolute atomic E-state index is 11.2. The van der Waals surface area contributed by atoms with Gasteiger partial charge in [0.1, 0.15) is 0 Å². The fourth-order valence-electron chi connectivity index (χ4n) is 1.95. The molecule has 0 spiro atoms. The number of aromatic nitrogens is 1. The molecular weight excluding hydrogens is 284 g/mol. The van der Waals surface area contributed by atoms with Crippen LogP contribution in [0.5, 0.6) is 0 Å². The number of thiazole rings is 1. The molecular formula is C16H18N2O2S. The second-order valence-corrected chi connectivity index (χ2v) is 5.73. The van der Waals surface area contributed by atoms with Gasteiger partial charge in [0.15, 0.2) is 5.13 Å². The average molecular weight is 302 g/mol. The minimum Gasteiger partial charge on any atom is -0.466 e. The van der Waals surface area contributed by atoms with Gasteiger partial charge in [0.05, 0.1) is 18.7 Å². The summed E-state index contributed by atoms with van der Waals surface area (Å²) in [6.07, 6.45) is 4.00. The Morgan fingerprint density at radius 3 is 2.67 bits per heavy atom. The molecule has 21 heavy (non-hydrogen) atoms. The molecule has 0 saturated carbocycles. The molecule has 0 aliphatic carbocycles. The molecule has 1 heterocycles. The number of rotatable bonds is 5. The Bertz CT molecular complexity index is 645. The second kappa shape index (κ2) is 7.04. The van der Waals surface area contributed by atoms with E-state index >= 15 is 0 Å². The molecule has 0 fully saturated rings. The number of benzene rings is 1. The third kappa shape index (κ3) is 4.16. The van der Waals surface area contributed by atoms with Crippen molar-refractivity contribution in [1.82, 2.24) is 4.98 Å². The molecule has 4 nitrogen and oxygen atoms in total. The first-order valence-corrected chi connectivity index (χ1v) is 7.57. The van der Waals surface area contributed by atoms with Crippen LogP contribution in [0.3, 0.4) is 0 Å². The van der Waals surface area contributed by atoms with Gasteiger partial charge in [-0.25, -0.2) is 4.98 Å². The van der Waals surface area contributed by atoms with Crippen LogP contribution in [0.15, 0.2) is 30.3 Å². The zero-order valence-corrected chi connectivity index (χ0v) is 12.9. The van der Waals surface area contributed by atoms with Gasteiger partial charge >= 0.3 is 5.97 Å². The molecule has 0 aliphatic rings. The monoisotopic (exact) mass is 302 g/mol. The molecule has 0 radical (unpaired) electrons. The summed E-state index contributed by atoms with van der Waals surface area (Å²) in [5.74, 6) is -0.209. The topological polar surface area (TPSA) is 65.2 Å². The molecule has 0 amide bonds. The van der Waals surface area contributed by atoms with E-state index in [9.17, 15) is 4.79 Å². The van der Waals surface area contributed by atoms with Crippen molar-refractivity contribution < 1.29 is 9.53 Å². The van der Waals surface area contributed by atoms with Crippen LogP contribution < -0.4 is 5.73 Å². The predicted octanol–water partition coefficient (Wildman–Crippen LogP) is 3.67. The summed E-state index contributed by atoms with van der Waals surface area (Å²) in [5, 5.41) is 0.584. The summed E-state index contributed by atoms with van der Waals surface area (Å²) in [4.78, 5) is 16.7. The highest BCUT2D eigenvalue weighted by molar-refractivity contribution is 7.15. The van der Waals surface area contributed by atoms with Crippen LogP contribution in [-0.4, -0.2) is 17.6 Å². The second-order valence-electron chi connectivity index (χ2n) is 4.49. The summed E-state index contributed by atoms with van der Waals surface area (Å²) in [6, 6.07) is 8.00. The molecule has 1 aromatic heterocycles. The van der Waals surface area contributed by atoms with Crippen molar-refractivity contribution in [3.8, 4) is 11.3 Å². The van der Waals surface area contributed by atoms with Gasteiger partial charge in [0.25, 0.3) is 0 Å². The Kier molecular flexibility index (Phi) is 5.11. The Balaban J connectivity index is 2.04. The van der Waals surface area contributed by atoms with E-state index in [1.165, 1.54) is 11.3 Å². The third-order valence-electron chi connectivity index (χ3n) is 2.90. The van der Waals surface area contributed by atoms with Crippen LogP contribution in [0.1, 0.15) is 23.8 Å². The number of carbonyl (C=O) groups is 1. The molecule has 1 aromatic carbocycles. The summed E-state index contributed by atoms with van der Waals surface area (Å²) < 4.78 is 4.86. The average Bonchev–Trinajstić information content (AvgIpc) is 2.79. The van der Waals surface area contributed by atoms with Crippen molar-refractivity contribution in [1.29, 1.82) is 0 Å². The SMILES string of the molecule is CCOC(=O)CC=Cc1ccc(-c2nc(N)sc2C)cc1. The zero-order valence-electron chi connectivity index (χ0n) is 12.1. The minimum atomic E-state index is -0.209. The van der Waals surface area contributed by atoms with E-state index in [1.54, 1.807) is 13.0 Å². The third-order valence-corrected chi connectivity index (χ3v) is 3.70. The summed E-state index contributed by atoms with van der Waals surface area (Å²) in [5.41, 5.74) is 8.72. The van der Waals surface area contributed by atoms with Crippen LogP contribution in [-0.2, 0) is 9.53 Å². The molecule has 2 N–H and O–H groups in total. The number of nitrogens with zero attached hydrogens (tertiary/aromatic N) is 1. The number of esters is 1. The van der Waals surface area contributed by atoms with Crippen molar-refractivity contribution in [3.63, 3.8) is 0 Å². The van der Waals surface area contributed by atoms with Gasteiger partial charge in [-0.15, -0.1) is 11.3 Å². The standard InChI is InChI=1S/C16H18N2O2S/c1-3-20-14(19)6-4-5-12-7-9-13(10-8-12)15-11(2)21-16(17)18-15/h4-5,7-10H,3,6H2,1-2H3,(H2,17,18). The first kappa shape index (κ1) is 15.3. The Labute approximate surface area is 128 Å². The van der Waals surface area contributed by atoms with E-state index in [-0.39, 0.29) is 12.4 Å². The normalized spacial score (nSPS) is 11.0. The Morgan fingerprint density at radius 1 is 1.38 bits per heavy atom. The highest BCUT2D eigenvalue weighted by atomic mass is 32.1. The lowest BCUT2D eigenvalue weighted by Gasteiger charge is -2.00. The van der Waals surface area contributed by atoms with Crippen LogP contribution in [0.25, 0.3) is 17.3 Å². The highest BCUT2D eigenvalue weighted by Gasteiger charge is 2.07. The van der Waals surface area contributed by atoms with Gasteiger partial charge in [-0.05, 0) is 19.4 Å². The molecule has 0 aliphatic heterocycles. The van der Waals surface area contributed by atoms with Crippen molar-refractivity contribution >= 4 is 28.5 Å². The van der Waals surface area contributed by atoms with Crippen molar-refractivity contribution in [2.45, 2.75) is 20.3 Å². The lowest BCUT2D eigenvalue weighted by Crippen LogP contribution is -2.01. The van der Waals surface area contributed by atoms with E-state index in [1.807, 2.05) is 37.3 Å². The van der Waals surface area contributed by atoms with E-state index < -0.39 is 0 Å². The van der Waals surface area contributed by atoms with E-state index in [2.05, 4.69) is 4.98 Å². The lowest BCUT2D eigenvalue weighted by atomic mass is 10.1. The number of anilines is 1. The first-order chi connectivity index (χ1) is 10.1. The molecule has 0 atom stereocenters. The van der Waals surface area contributed by atoms with Gasteiger partial charge in [-0.1, -0.05) is 36.4 Å². The van der Waals surface area contributed by atoms with Crippen LogP contribution in [0.4, 0.5) is 5.13 Å².